The SMILES string of the molecule is Cc1ccccc1-c1ccc2ncccc2c1C#N. The minimum atomic E-state index is 0.694. The average molecular weight is 244 g/mol. The lowest BCUT2D eigenvalue weighted by Gasteiger charge is -2.09. The molecule has 0 spiro atoms. The molecular weight excluding hydrogens is 232 g/mol. The maximum atomic E-state index is 9.49. The molecule has 2 heteroatoms. The van der Waals surface area contributed by atoms with E-state index in [1.807, 2.05) is 42.5 Å². The van der Waals surface area contributed by atoms with E-state index in [9.17, 15) is 5.26 Å². The number of nitrogens with zero attached hydrogens (tertiary/aromatic N) is 2. The third kappa shape index (κ3) is 1.86. The number of aryl methyl sites for hydroxylation is 1. The van der Waals surface area contributed by atoms with Crippen LogP contribution in [-0.4, -0.2) is 4.98 Å². The first-order valence-electron chi connectivity index (χ1n) is 6.15. The quantitative estimate of drug-likeness (QED) is 0.646. The number of nitriles is 1. The highest BCUT2D eigenvalue weighted by Gasteiger charge is 2.10. The molecule has 2 nitrogen and oxygen atoms in total. The maximum absolute atomic E-state index is 9.49. The predicted octanol–water partition coefficient (Wildman–Crippen LogP) is 4.08. The highest BCUT2D eigenvalue weighted by atomic mass is 14.6. The number of hydrogen-bond acceptors (Lipinski definition) is 2. The van der Waals surface area contributed by atoms with Gasteiger partial charge >= 0.3 is 0 Å². The molecule has 19 heavy (non-hydrogen) atoms. The zero-order chi connectivity index (χ0) is 13.2. The van der Waals surface area contributed by atoms with Crippen LogP contribution in [0, 0.1) is 18.3 Å². The van der Waals surface area contributed by atoms with Crippen molar-refractivity contribution in [1.29, 1.82) is 5.26 Å². The Labute approximate surface area is 112 Å². The molecule has 2 aromatic carbocycles. The molecule has 0 saturated heterocycles. The van der Waals surface area contributed by atoms with Crippen LogP contribution in [-0.2, 0) is 0 Å². The lowest BCUT2D eigenvalue weighted by molar-refractivity contribution is 1.39. The third-order valence-electron chi connectivity index (χ3n) is 3.33. The molecule has 0 radical (unpaired) electrons. The van der Waals surface area contributed by atoms with E-state index >= 15 is 0 Å². The Kier molecular flexibility index (Phi) is 2.74. The lowest BCUT2D eigenvalue weighted by atomic mass is 9.94. The Hall–Kier alpha value is -2.66. The summed E-state index contributed by atoms with van der Waals surface area (Å²) in [5.74, 6) is 0. The second-order valence-corrected chi connectivity index (χ2v) is 4.48. The zero-order valence-corrected chi connectivity index (χ0v) is 10.6. The van der Waals surface area contributed by atoms with Crippen molar-refractivity contribution in [2.24, 2.45) is 0 Å². The molecule has 3 rings (SSSR count). The van der Waals surface area contributed by atoms with Crippen molar-refractivity contribution in [3.63, 3.8) is 0 Å². The largest absolute Gasteiger partial charge is 0.256 e. The van der Waals surface area contributed by atoms with Gasteiger partial charge in [-0.05, 0) is 36.2 Å². The molecule has 0 aliphatic heterocycles. The van der Waals surface area contributed by atoms with Crippen molar-refractivity contribution in [2.75, 3.05) is 0 Å². The number of fused-ring (bicyclic) bond motifs is 1. The monoisotopic (exact) mass is 244 g/mol. The maximum Gasteiger partial charge on any atom is 0.100 e. The van der Waals surface area contributed by atoms with Crippen LogP contribution < -0.4 is 0 Å². The Morgan fingerprint density at radius 1 is 0.947 bits per heavy atom. The highest BCUT2D eigenvalue weighted by Crippen LogP contribution is 2.30. The first-order chi connectivity index (χ1) is 9.31. The molecular formula is C17H12N2. The zero-order valence-electron chi connectivity index (χ0n) is 10.6. The van der Waals surface area contributed by atoms with Crippen molar-refractivity contribution in [1.82, 2.24) is 4.98 Å². The number of rotatable bonds is 1. The Balaban J connectivity index is 2.37. The van der Waals surface area contributed by atoms with Crippen molar-refractivity contribution in [3.05, 3.63) is 65.9 Å². The first kappa shape index (κ1) is 11.4. The highest BCUT2D eigenvalue weighted by molar-refractivity contribution is 5.92. The average Bonchev–Trinajstić information content (AvgIpc) is 2.46. The van der Waals surface area contributed by atoms with Crippen molar-refractivity contribution in [3.8, 4) is 17.2 Å². The van der Waals surface area contributed by atoms with E-state index in [1.54, 1.807) is 6.20 Å². The van der Waals surface area contributed by atoms with Crippen LogP contribution in [0.5, 0.6) is 0 Å². The predicted molar refractivity (Wildman–Crippen MR) is 76.6 cm³/mol. The molecule has 3 aromatic rings. The van der Waals surface area contributed by atoms with Gasteiger partial charge in [-0.15, -0.1) is 0 Å². The van der Waals surface area contributed by atoms with Gasteiger partial charge in [-0.25, -0.2) is 0 Å². The van der Waals surface area contributed by atoms with Gasteiger partial charge in [-0.2, -0.15) is 5.26 Å². The molecule has 1 heterocycles. The molecule has 0 unspecified atom stereocenters. The van der Waals surface area contributed by atoms with Crippen LogP contribution >= 0.6 is 0 Å². The number of hydrogen-bond donors (Lipinski definition) is 0. The number of benzene rings is 2. The lowest BCUT2D eigenvalue weighted by Crippen LogP contribution is -1.90. The molecule has 0 aliphatic rings. The summed E-state index contributed by atoms with van der Waals surface area (Å²) in [6.07, 6.45) is 1.75. The molecule has 0 saturated carbocycles. The van der Waals surface area contributed by atoms with Gasteiger partial charge in [-0.3, -0.25) is 4.98 Å². The molecule has 90 valence electrons. The summed E-state index contributed by atoms with van der Waals surface area (Å²) in [6.45, 7) is 2.06. The van der Waals surface area contributed by atoms with Crippen LogP contribution in [0.3, 0.4) is 0 Å². The fourth-order valence-electron chi connectivity index (χ4n) is 2.37. The fourth-order valence-corrected chi connectivity index (χ4v) is 2.37. The van der Waals surface area contributed by atoms with Crippen LogP contribution in [0.25, 0.3) is 22.0 Å². The minimum Gasteiger partial charge on any atom is -0.256 e. The van der Waals surface area contributed by atoms with E-state index < -0.39 is 0 Å². The van der Waals surface area contributed by atoms with Gasteiger partial charge in [0.15, 0.2) is 0 Å². The summed E-state index contributed by atoms with van der Waals surface area (Å²) in [5.41, 5.74) is 4.80. The van der Waals surface area contributed by atoms with Crippen molar-refractivity contribution >= 4 is 10.9 Å². The van der Waals surface area contributed by atoms with Gasteiger partial charge in [0.1, 0.15) is 6.07 Å². The fraction of sp³-hybridized carbons (Fsp3) is 0.0588. The molecule has 0 bridgehead atoms. The van der Waals surface area contributed by atoms with E-state index in [0.29, 0.717) is 5.56 Å². The second-order valence-electron chi connectivity index (χ2n) is 4.48. The van der Waals surface area contributed by atoms with Gasteiger partial charge in [0.25, 0.3) is 0 Å². The van der Waals surface area contributed by atoms with Gasteiger partial charge < -0.3 is 0 Å². The molecule has 1 aromatic heterocycles. The standard InChI is InChI=1S/C17H12N2/c1-12-5-2-3-6-13(12)14-8-9-17-15(16(14)11-18)7-4-10-19-17/h2-10H,1H3. The number of aromatic nitrogens is 1. The van der Waals surface area contributed by atoms with Crippen molar-refractivity contribution < 1.29 is 0 Å². The molecule has 0 N–H and O–H groups in total. The van der Waals surface area contributed by atoms with Gasteiger partial charge in [0, 0.05) is 17.1 Å². The minimum absolute atomic E-state index is 0.694. The molecule has 0 atom stereocenters. The normalized spacial score (nSPS) is 10.3. The summed E-state index contributed by atoms with van der Waals surface area (Å²) < 4.78 is 0. The summed E-state index contributed by atoms with van der Waals surface area (Å²) in [5, 5.41) is 10.4. The van der Waals surface area contributed by atoms with Gasteiger partial charge in [0.2, 0.25) is 0 Å². The van der Waals surface area contributed by atoms with Crippen LogP contribution in [0.2, 0.25) is 0 Å². The van der Waals surface area contributed by atoms with Gasteiger partial charge in [-0.1, -0.05) is 30.3 Å². The summed E-state index contributed by atoms with van der Waals surface area (Å²) in [6, 6.07) is 18.2. The van der Waals surface area contributed by atoms with Crippen molar-refractivity contribution in [2.45, 2.75) is 6.92 Å². The summed E-state index contributed by atoms with van der Waals surface area (Å²) in [4.78, 5) is 4.30. The van der Waals surface area contributed by atoms with Crippen LogP contribution in [0.1, 0.15) is 11.1 Å². The van der Waals surface area contributed by atoms with Crippen LogP contribution in [0.4, 0.5) is 0 Å². The molecule has 0 aliphatic carbocycles. The van der Waals surface area contributed by atoms with E-state index in [4.69, 9.17) is 0 Å². The number of pyridine rings is 1. The van der Waals surface area contributed by atoms with E-state index in [-0.39, 0.29) is 0 Å². The molecule has 0 fully saturated rings. The van der Waals surface area contributed by atoms with E-state index in [0.717, 1.165) is 22.0 Å². The van der Waals surface area contributed by atoms with Crippen LogP contribution in [0.15, 0.2) is 54.7 Å². The Morgan fingerprint density at radius 3 is 2.58 bits per heavy atom. The first-order valence-corrected chi connectivity index (χ1v) is 6.15. The third-order valence-corrected chi connectivity index (χ3v) is 3.33. The van der Waals surface area contributed by atoms with Gasteiger partial charge in [0.05, 0.1) is 11.1 Å². The Morgan fingerprint density at radius 2 is 1.79 bits per heavy atom. The van der Waals surface area contributed by atoms with E-state index in [2.05, 4.69) is 24.0 Å². The summed E-state index contributed by atoms with van der Waals surface area (Å²) >= 11 is 0. The smallest absolute Gasteiger partial charge is 0.100 e. The molecule has 0 amide bonds. The Bertz CT molecular complexity index is 798. The van der Waals surface area contributed by atoms with E-state index in [1.165, 1.54) is 5.56 Å². The summed E-state index contributed by atoms with van der Waals surface area (Å²) in [7, 11) is 0. The topological polar surface area (TPSA) is 36.7 Å². The second kappa shape index (κ2) is 4.55.